The van der Waals surface area contributed by atoms with Crippen LogP contribution in [0.3, 0.4) is 0 Å². The SMILES string of the molecule is CCCCCC[Si](CCCCCC)(C1=C(C)C(C)=C(C)C1C)c1c(C(C)(C)C)cc(-c2cccc3[cH-]ccc23)c(C(C)C)c1C(C)(C)C.[Hf]. The van der Waals surface area contributed by atoms with Crippen molar-refractivity contribution in [1.82, 2.24) is 0 Å². The van der Waals surface area contributed by atoms with Crippen LogP contribution < -0.4 is 5.19 Å². The molecular weight excluding hydrogens is 771 g/mol. The molecule has 0 nitrogen and oxygen atoms in total. The fourth-order valence-corrected chi connectivity index (χ4v) is 16.6. The largest absolute Gasteiger partial charge is 0.168 e. The van der Waals surface area contributed by atoms with Gasteiger partial charge in [0.2, 0.25) is 0 Å². The van der Waals surface area contributed by atoms with Gasteiger partial charge < -0.3 is 0 Å². The Morgan fingerprint density at radius 1 is 0.755 bits per heavy atom. The number of hydrogen-bond acceptors (Lipinski definition) is 0. The first-order chi connectivity index (χ1) is 22.5. The van der Waals surface area contributed by atoms with E-state index < -0.39 is 8.07 Å². The van der Waals surface area contributed by atoms with Crippen LogP contribution in [0.25, 0.3) is 21.9 Å². The summed E-state index contributed by atoms with van der Waals surface area (Å²) in [6.45, 7) is 34.8. The van der Waals surface area contributed by atoms with E-state index in [0.717, 1.165) is 0 Å². The Labute approximate surface area is 323 Å². The smallest absolute Gasteiger partial charge is 0.115 e. The van der Waals surface area contributed by atoms with Crippen LogP contribution in [0.15, 0.2) is 64.4 Å². The summed E-state index contributed by atoms with van der Waals surface area (Å²) in [4.78, 5) is 0. The molecule has 1 atom stereocenters. The molecule has 2 heteroatoms. The average molecular weight is 843 g/mol. The molecule has 0 saturated carbocycles. The molecule has 268 valence electrons. The topological polar surface area (TPSA) is 0 Å². The van der Waals surface area contributed by atoms with Crippen LogP contribution in [0.5, 0.6) is 0 Å². The van der Waals surface area contributed by atoms with Crippen molar-refractivity contribution in [3.8, 4) is 11.1 Å². The molecule has 1 unspecified atom stereocenters. The van der Waals surface area contributed by atoms with Crippen molar-refractivity contribution in [3.63, 3.8) is 0 Å². The van der Waals surface area contributed by atoms with Crippen molar-refractivity contribution < 1.29 is 25.8 Å². The van der Waals surface area contributed by atoms with Gasteiger partial charge in [-0.1, -0.05) is 162 Å². The van der Waals surface area contributed by atoms with E-state index in [0.29, 0.717) is 11.8 Å². The maximum Gasteiger partial charge on any atom is 0.115 e. The van der Waals surface area contributed by atoms with E-state index in [4.69, 9.17) is 0 Å². The predicted molar refractivity (Wildman–Crippen MR) is 220 cm³/mol. The Morgan fingerprint density at radius 2 is 1.35 bits per heavy atom. The van der Waals surface area contributed by atoms with Crippen LogP contribution in [-0.2, 0) is 36.7 Å². The second-order valence-corrected chi connectivity index (χ2v) is 22.1. The van der Waals surface area contributed by atoms with Gasteiger partial charge in [-0.25, -0.2) is 0 Å². The summed E-state index contributed by atoms with van der Waals surface area (Å²) in [5.74, 6) is 0.965. The summed E-state index contributed by atoms with van der Waals surface area (Å²) >= 11 is 0. The van der Waals surface area contributed by atoms with Crippen LogP contribution >= 0.6 is 0 Å². The first-order valence-electron chi connectivity index (χ1n) is 19.8. The Morgan fingerprint density at radius 3 is 1.82 bits per heavy atom. The second kappa shape index (κ2) is 17.0. The standard InChI is InChI=1S/C47H71Si.Hf/c1-15-17-19-21-29-48(30-22-20-18-16-2,44-35(7)33(5)34(6)36(44)8)45-41(46(9,10)11)31-40(42(32(3)4)43(45)47(12,13)14)39-28-24-26-37-25-23-27-38(37)39;/h23-28,31-32,35H,15-22,29-30H2,1-14H3;/q-1;. The fourth-order valence-electron chi connectivity index (χ4n) is 9.41. The van der Waals surface area contributed by atoms with Gasteiger partial charge in [0.1, 0.15) is 8.07 Å². The quantitative estimate of drug-likeness (QED) is 0.0862. The molecule has 3 aromatic rings. The third-order valence-electron chi connectivity index (χ3n) is 12.0. The molecule has 0 saturated heterocycles. The maximum atomic E-state index is 2.74. The molecule has 0 fully saturated rings. The van der Waals surface area contributed by atoms with E-state index in [1.54, 1.807) is 33.4 Å². The molecular formula is C47H71HfSi-. The predicted octanol–water partition coefficient (Wildman–Crippen LogP) is 14.6. The third-order valence-corrected chi connectivity index (χ3v) is 17.8. The summed E-state index contributed by atoms with van der Waals surface area (Å²) in [5, 5.41) is 6.49. The molecule has 1 aliphatic rings. The minimum absolute atomic E-state index is 0. The molecule has 0 aliphatic heterocycles. The number of unbranched alkanes of at least 4 members (excludes halogenated alkanes) is 6. The van der Waals surface area contributed by atoms with Crippen molar-refractivity contribution >= 4 is 24.0 Å². The van der Waals surface area contributed by atoms with Gasteiger partial charge in [0.15, 0.2) is 0 Å². The molecule has 0 bridgehead atoms. The van der Waals surface area contributed by atoms with Gasteiger partial charge in [-0.05, 0) is 88.5 Å². The van der Waals surface area contributed by atoms with E-state index >= 15 is 0 Å². The van der Waals surface area contributed by atoms with Gasteiger partial charge in [-0.2, -0.15) is 12.1 Å². The maximum absolute atomic E-state index is 2.74. The summed E-state index contributed by atoms with van der Waals surface area (Å²) in [6, 6.07) is 19.4. The molecule has 1 aliphatic carbocycles. The Bertz CT molecular complexity index is 1610. The molecule has 0 heterocycles. The van der Waals surface area contributed by atoms with Crippen LogP contribution in [0, 0.1) is 5.92 Å². The average Bonchev–Trinajstić information content (AvgIpc) is 3.58. The zero-order valence-electron chi connectivity index (χ0n) is 34.3. The van der Waals surface area contributed by atoms with Crippen LogP contribution in [0.2, 0.25) is 12.1 Å². The van der Waals surface area contributed by atoms with Gasteiger partial charge in [0, 0.05) is 25.8 Å². The first-order valence-corrected chi connectivity index (χ1v) is 22.2. The van der Waals surface area contributed by atoms with Crippen LogP contribution in [0.1, 0.15) is 171 Å². The Kier molecular flexibility index (Phi) is 14.6. The van der Waals surface area contributed by atoms with Crippen molar-refractivity contribution in [1.29, 1.82) is 0 Å². The molecule has 0 aromatic heterocycles. The summed E-state index contributed by atoms with van der Waals surface area (Å²) in [6.07, 6.45) is 10.7. The molecule has 0 N–H and O–H groups in total. The fraction of sp³-hybridized carbons (Fsp3) is 0.596. The first kappa shape index (κ1) is 42.0. The second-order valence-electron chi connectivity index (χ2n) is 17.9. The number of hydrogen-bond donors (Lipinski definition) is 0. The zero-order valence-corrected chi connectivity index (χ0v) is 38.9. The van der Waals surface area contributed by atoms with E-state index in [-0.39, 0.29) is 36.7 Å². The van der Waals surface area contributed by atoms with Crippen molar-refractivity contribution in [2.75, 3.05) is 0 Å². The third kappa shape index (κ3) is 8.48. The summed E-state index contributed by atoms with van der Waals surface area (Å²) in [7, 11) is -2.26. The van der Waals surface area contributed by atoms with Gasteiger partial charge in [-0.15, -0.1) is 29.0 Å². The molecule has 3 aromatic carbocycles. The van der Waals surface area contributed by atoms with Gasteiger partial charge in [0.05, 0.1) is 0 Å². The molecule has 49 heavy (non-hydrogen) atoms. The normalized spacial score (nSPS) is 16.0. The van der Waals surface area contributed by atoms with E-state index in [1.165, 1.54) is 85.4 Å². The zero-order chi connectivity index (χ0) is 35.6. The van der Waals surface area contributed by atoms with Crippen LogP contribution in [-0.4, -0.2) is 8.07 Å². The number of allylic oxidation sites excluding steroid dienone is 4. The van der Waals surface area contributed by atoms with Crippen LogP contribution in [0.4, 0.5) is 0 Å². The molecule has 0 spiro atoms. The van der Waals surface area contributed by atoms with E-state index in [9.17, 15) is 0 Å². The number of benzene rings is 2. The van der Waals surface area contributed by atoms with E-state index in [2.05, 4.69) is 139 Å². The molecule has 0 radical (unpaired) electrons. The Balaban J connectivity index is 0.00000650. The minimum Gasteiger partial charge on any atom is -0.168 e. The van der Waals surface area contributed by atoms with Gasteiger partial charge >= 0.3 is 0 Å². The monoisotopic (exact) mass is 843 g/mol. The Hall–Kier alpha value is -1.38. The minimum atomic E-state index is -2.26. The van der Waals surface area contributed by atoms with E-state index in [1.807, 2.05) is 10.4 Å². The van der Waals surface area contributed by atoms with Gasteiger partial charge in [-0.3, -0.25) is 0 Å². The number of rotatable bonds is 14. The van der Waals surface area contributed by atoms with Crippen molar-refractivity contribution in [2.24, 2.45) is 5.92 Å². The summed E-state index contributed by atoms with van der Waals surface area (Å²) < 4.78 is 0. The molecule has 4 rings (SSSR count). The number of fused-ring (bicyclic) bond motifs is 1. The van der Waals surface area contributed by atoms with Crippen molar-refractivity contribution in [3.05, 3.63) is 81.1 Å². The summed E-state index contributed by atoms with van der Waals surface area (Å²) in [5.41, 5.74) is 12.8. The molecule has 0 amide bonds. The van der Waals surface area contributed by atoms with Crippen molar-refractivity contribution in [2.45, 2.75) is 177 Å². The van der Waals surface area contributed by atoms with Gasteiger partial charge in [0.25, 0.3) is 0 Å².